The Morgan fingerprint density at radius 1 is 1.22 bits per heavy atom. The van der Waals surface area contributed by atoms with Gasteiger partial charge in [-0.3, -0.25) is 4.79 Å². The zero-order valence-corrected chi connectivity index (χ0v) is 10.7. The Hall–Kier alpha value is -1.84. The highest BCUT2D eigenvalue weighted by molar-refractivity contribution is 5.93. The number of carboxylic acid groups (broad SMARTS) is 1. The fourth-order valence-corrected chi connectivity index (χ4v) is 1.86. The van der Waals surface area contributed by atoms with Crippen molar-refractivity contribution < 1.29 is 19.4 Å². The fraction of sp³-hybridized carbons (Fsp3) is 0.429. The van der Waals surface area contributed by atoms with Crippen LogP contribution >= 0.6 is 0 Å². The molecule has 0 saturated heterocycles. The van der Waals surface area contributed by atoms with E-state index in [4.69, 9.17) is 9.84 Å². The van der Waals surface area contributed by atoms with E-state index in [1.807, 2.05) is 19.1 Å². The van der Waals surface area contributed by atoms with Crippen molar-refractivity contribution in [1.82, 2.24) is 0 Å². The number of hydrogen-bond donors (Lipinski definition) is 1. The van der Waals surface area contributed by atoms with Gasteiger partial charge in [0.25, 0.3) is 0 Å². The normalized spacial score (nSPS) is 10.1. The van der Waals surface area contributed by atoms with Gasteiger partial charge in [-0.2, -0.15) is 0 Å². The van der Waals surface area contributed by atoms with Gasteiger partial charge in [0.15, 0.2) is 0 Å². The van der Waals surface area contributed by atoms with Crippen LogP contribution in [0.3, 0.4) is 0 Å². The predicted octanol–water partition coefficient (Wildman–Crippen LogP) is 2.44. The summed E-state index contributed by atoms with van der Waals surface area (Å²) >= 11 is 0. The Morgan fingerprint density at radius 2 is 1.89 bits per heavy atom. The molecule has 0 amide bonds. The van der Waals surface area contributed by atoms with E-state index < -0.39 is 5.97 Å². The van der Waals surface area contributed by atoms with Crippen LogP contribution in [-0.4, -0.2) is 23.7 Å². The topological polar surface area (TPSA) is 63.6 Å². The number of benzene rings is 1. The maximum Gasteiger partial charge on any atom is 0.338 e. The maximum absolute atomic E-state index is 11.9. The van der Waals surface area contributed by atoms with Gasteiger partial charge in [-0.25, -0.2) is 4.79 Å². The molecule has 4 heteroatoms. The monoisotopic (exact) mass is 250 g/mol. The standard InChI is InChI=1S/C14H18O4/c1-3-10-6-5-7-11(8-9-12(15)16)13(10)14(17)18-4-2/h5-7H,3-4,8-9H2,1-2H3,(H,15,16). The molecule has 0 fully saturated rings. The molecule has 0 radical (unpaired) electrons. The van der Waals surface area contributed by atoms with Gasteiger partial charge in [-0.05, 0) is 30.9 Å². The third kappa shape index (κ3) is 3.58. The summed E-state index contributed by atoms with van der Waals surface area (Å²) in [5, 5.41) is 8.72. The van der Waals surface area contributed by atoms with Crippen molar-refractivity contribution >= 4 is 11.9 Å². The summed E-state index contributed by atoms with van der Waals surface area (Å²) in [4.78, 5) is 22.5. The SMILES string of the molecule is CCOC(=O)c1c(CC)cccc1CCC(=O)O. The van der Waals surface area contributed by atoms with Crippen LogP contribution in [0.4, 0.5) is 0 Å². The number of carbonyl (C=O) groups is 2. The molecule has 0 atom stereocenters. The molecule has 0 saturated carbocycles. The van der Waals surface area contributed by atoms with Crippen molar-refractivity contribution in [3.05, 3.63) is 34.9 Å². The minimum absolute atomic E-state index is 0.0135. The van der Waals surface area contributed by atoms with Crippen molar-refractivity contribution in [3.63, 3.8) is 0 Å². The Balaban J connectivity index is 3.07. The quantitative estimate of drug-likeness (QED) is 0.788. The average molecular weight is 250 g/mol. The summed E-state index contributed by atoms with van der Waals surface area (Å²) in [6.45, 7) is 4.03. The summed E-state index contributed by atoms with van der Waals surface area (Å²) in [6.07, 6.45) is 1.08. The molecule has 0 aromatic heterocycles. The van der Waals surface area contributed by atoms with Crippen molar-refractivity contribution in [2.75, 3.05) is 6.61 Å². The number of hydrogen-bond acceptors (Lipinski definition) is 3. The lowest BCUT2D eigenvalue weighted by Crippen LogP contribution is -2.12. The van der Waals surface area contributed by atoms with E-state index in [1.165, 1.54) is 0 Å². The van der Waals surface area contributed by atoms with Crippen molar-refractivity contribution in [2.45, 2.75) is 33.1 Å². The minimum atomic E-state index is -0.869. The number of aliphatic carboxylic acids is 1. The molecule has 0 aliphatic heterocycles. The summed E-state index contributed by atoms with van der Waals surface area (Å²) in [6, 6.07) is 5.50. The van der Waals surface area contributed by atoms with Gasteiger partial charge in [0.2, 0.25) is 0 Å². The largest absolute Gasteiger partial charge is 0.481 e. The van der Waals surface area contributed by atoms with E-state index in [1.54, 1.807) is 13.0 Å². The van der Waals surface area contributed by atoms with E-state index in [2.05, 4.69) is 0 Å². The molecular formula is C14H18O4. The predicted molar refractivity (Wildman–Crippen MR) is 67.7 cm³/mol. The fourth-order valence-electron chi connectivity index (χ4n) is 1.86. The smallest absolute Gasteiger partial charge is 0.338 e. The highest BCUT2D eigenvalue weighted by Crippen LogP contribution is 2.18. The summed E-state index contributed by atoms with van der Waals surface area (Å²) in [5.74, 6) is -1.23. The first-order valence-electron chi connectivity index (χ1n) is 6.09. The second kappa shape index (κ2) is 6.79. The third-order valence-electron chi connectivity index (χ3n) is 2.71. The van der Waals surface area contributed by atoms with Crippen molar-refractivity contribution in [3.8, 4) is 0 Å². The number of carboxylic acids is 1. The Kier molecular flexibility index (Phi) is 5.36. The molecular weight excluding hydrogens is 232 g/mol. The van der Waals surface area contributed by atoms with Crippen LogP contribution in [0.2, 0.25) is 0 Å². The van der Waals surface area contributed by atoms with Gasteiger partial charge < -0.3 is 9.84 Å². The first-order valence-corrected chi connectivity index (χ1v) is 6.09. The van der Waals surface area contributed by atoms with Crippen LogP contribution in [0.5, 0.6) is 0 Å². The molecule has 0 heterocycles. The van der Waals surface area contributed by atoms with Crippen molar-refractivity contribution in [1.29, 1.82) is 0 Å². The lowest BCUT2D eigenvalue weighted by molar-refractivity contribution is -0.136. The molecule has 18 heavy (non-hydrogen) atoms. The number of ether oxygens (including phenoxy) is 1. The Morgan fingerprint density at radius 3 is 2.44 bits per heavy atom. The van der Waals surface area contributed by atoms with E-state index in [9.17, 15) is 9.59 Å². The zero-order valence-electron chi connectivity index (χ0n) is 10.7. The molecule has 1 N–H and O–H groups in total. The van der Waals surface area contributed by atoms with Crippen LogP contribution in [-0.2, 0) is 22.4 Å². The summed E-state index contributed by atoms with van der Waals surface area (Å²) in [5.41, 5.74) is 2.18. The van der Waals surface area contributed by atoms with Gasteiger partial charge >= 0.3 is 11.9 Å². The van der Waals surface area contributed by atoms with Crippen LogP contribution in [0.25, 0.3) is 0 Å². The van der Waals surface area contributed by atoms with E-state index in [0.29, 0.717) is 18.6 Å². The van der Waals surface area contributed by atoms with Crippen LogP contribution in [0.15, 0.2) is 18.2 Å². The van der Waals surface area contributed by atoms with Crippen LogP contribution in [0.1, 0.15) is 41.8 Å². The van der Waals surface area contributed by atoms with Gasteiger partial charge in [0.1, 0.15) is 0 Å². The number of rotatable bonds is 6. The van der Waals surface area contributed by atoms with Gasteiger partial charge in [-0.15, -0.1) is 0 Å². The molecule has 1 rings (SSSR count). The Labute approximate surface area is 107 Å². The molecule has 1 aromatic rings. The van der Waals surface area contributed by atoms with Gasteiger partial charge in [0.05, 0.1) is 12.2 Å². The van der Waals surface area contributed by atoms with Crippen molar-refractivity contribution in [2.24, 2.45) is 0 Å². The number of aryl methyl sites for hydroxylation is 2. The lowest BCUT2D eigenvalue weighted by atomic mass is 9.96. The Bertz CT molecular complexity index is 437. The summed E-state index contributed by atoms with van der Waals surface area (Å²) < 4.78 is 5.03. The molecule has 0 spiro atoms. The molecule has 1 aromatic carbocycles. The zero-order chi connectivity index (χ0) is 13.5. The minimum Gasteiger partial charge on any atom is -0.481 e. The molecule has 0 unspecified atom stereocenters. The highest BCUT2D eigenvalue weighted by atomic mass is 16.5. The number of esters is 1. The molecule has 98 valence electrons. The third-order valence-corrected chi connectivity index (χ3v) is 2.71. The molecule has 0 aliphatic carbocycles. The van der Waals surface area contributed by atoms with Gasteiger partial charge in [0, 0.05) is 6.42 Å². The first-order chi connectivity index (χ1) is 8.60. The first kappa shape index (κ1) is 14.2. The van der Waals surface area contributed by atoms with E-state index >= 15 is 0 Å². The average Bonchev–Trinajstić information content (AvgIpc) is 2.35. The summed E-state index contributed by atoms with van der Waals surface area (Å²) in [7, 11) is 0. The van der Waals surface area contributed by atoms with Crippen LogP contribution in [0, 0.1) is 0 Å². The molecule has 4 nitrogen and oxygen atoms in total. The lowest BCUT2D eigenvalue weighted by Gasteiger charge is -2.12. The van der Waals surface area contributed by atoms with Gasteiger partial charge in [-0.1, -0.05) is 25.1 Å². The van der Waals surface area contributed by atoms with Crippen LogP contribution < -0.4 is 0 Å². The number of carbonyl (C=O) groups excluding carboxylic acids is 1. The highest BCUT2D eigenvalue weighted by Gasteiger charge is 2.16. The van der Waals surface area contributed by atoms with E-state index in [-0.39, 0.29) is 12.4 Å². The second-order valence-electron chi connectivity index (χ2n) is 3.92. The second-order valence-corrected chi connectivity index (χ2v) is 3.92. The van der Waals surface area contributed by atoms with E-state index in [0.717, 1.165) is 17.5 Å². The maximum atomic E-state index is 11.9. The molecule has 0 aliphatic rings. The molecule has 0 bridgehead atoms.